The van der Waals surface area contributed by atoms with Crippen LogP contribution in [0.4, 0.5) is 0 Å². The second-order valence-electron chi connectivity index (χ2n) is 10.5. The van der Waals surface area contributed by atoms with Gasteiger partial charge in [-0.1, -0.05) is 12.1 Å². The van der Waals surface area contributed by atoms with Crippen LogP contribution in [0.1, 0.15) is 12.5 Å². The smallest absolute Gasteiger partial charge is 0.323 e. The van der Waals surface area contributed by atoms with Gasteiger partial charge in [-0.2, -0.15) is 0 Å². The van der Waals surface area contributed by atoms with Gasteiger partial charge in [0.15, 0.2) is 0 Å². The number of methoxy groups -OCH3 is 1. The van der Waals surface area contributed by atoms with Crippen LogP contribution in [0.2, 0.25) is 0 Å². The van der Waals surface area contributed by atoms with Crippen LogP contribution in [-0.2, 0) is 35.1 Å². The number of ether oxygens (including phenoxy) is 3. The van der Waals surface area contributed by atoms with Gasteiger partial charge < -0.3 is 34.6 Å². The maximum Gasteiger partial charge on any atom is 0.323 e. The van der Waals surface area contributed by atoms with Gasteiger partial charge >= 0.3 is 23.9 Å². The molecule has 2 unspecified atom stereocenters. The molecule has 2 rings (SSSR count). The van der Waals surface area contributed by atoms with Crippen LogP contribution in [0.3, 0.4) is 0 Å². The highest BCUT2D eigenvalue weighted by Gasteiger charge is 2.30. The Kier molecular flexibility index (Phi) is 16.6. The lowest BCUT2D eigenvalue weighted by Gasteiger charge is -2.36. The topological polar surface area (TPSA) is 190 Å². The summed E-state index contributed by atoms with van der Waals surface area (Å²) in [7, 11) is 1.39. The Morgan fingerprint density at radius 2 is 1.20 bits per heavy atom. The number of carbonyl (C=O) groups is 4. The first-order chi connectivity index (χ1) is 21.0. The van der Waals surface area contributed by atoms with E-state index in [1.807, 2.05) is 6.92 Å². The summed E-state index contributed by atoms with van der Waals surface area (Å²) in [6.45, 7) is 4.22. The van der Waals surface area contributed by atoms with Crippen LogP contribution in [0.25, 0.3) is 0 Å². The maximum absolute atomic E-state index is 12.5. The molecule has 1 aliphatic heterocycles. The summed E-state index contributed by atoms with van der Waals surface area (Å²) in [5.74, 6) is -3.65. The zero-order chi connectivity index (χ0) is 32.5. The number of benzene rings is 1. The van der Waals surface area contributed by atoms with Gasteiger partial charge in [0.25, 0.3) is 0 Å². The number of carboxylic acid groups (broad SMARTS) is 4. The van der Waals surface area contributed by atoms with E-state index >= 15 is 0 Å². The number of nitrogens with zero attached hydrogens (tertiary/aromatic N) is 4. The lowest BCUT2D eigenvalue weighted by atomic mass is 10.0. The number of hydrogen-bond acceptors (Lipinski definition) is 11. The van der Waals surface area contributed by atoms with E-state index in [1.54, 1.807) is 43.9 Å². The summed E-state index contributed by atoms with van der Waals surface area (Å²) in [6, 6.07) is 5.15. The lowest BCUT2D eigenvalue weighted by Crippen LogP contribution is -2.54. The van der Waals surface area contributed by atoms with Gasteiger partial charge in [-0.15, -0.1) is 0 Å². The molecule has 1 aliphatic rings. The highest BCUT2D eigenvalue weighted by molar-refractivity contribution is 5.74. The molecular formula is C29H46N4O11. The number of aliphatic carboxylic acids is 4. The predicted molar refractivity (Wildman–Crippen MR) is 158 cm³/mol. The SMILES string of the molecule is CCOCCOc1ccc(CC(C(=O)O)N2CCN(CC(=O)O)CCN(C(COC)C(=O)O)CCN(CC(=O)O)CC2)cc1. The molecule has 4 N–H and O–H groups in total. The molecule has 0 amide bonds. The highest BCUT2D eigenvalue weighted by Crippen LogP contribution is 2.16. The Morgan fingerprint density at radius 1 is 0.727 bits per heavy atom. The van der Waals surface area contributed by atoms with Gasteiger partial charge in [-0.05, 0) is 31.0 Å². The van der Waals surface area contributed by atoms with Crippen molar-refractivity contribution in [3.05, 3.63) is 29.8 Å². The van der Waals surface area contributed by atoms with E-state index in [0.29, 0.717) is 25.6 Å². The molecule has 44 heavy (non-hydrogen) atoms. The first-order valence-electron chi connectivity index (χ1n) is 14.6. The van der Waals surface area contributed by atoms with Gasteiger partial charge in [0.2, 0.25) is 0 Å². The molecule has 248 valence electrons. The van der Waals surface area contributed by atoms with E-state index in [9.17, 15) is 39.6 Å². The van der Waals surface area contributed by atoms with Crippen LogP contribution < -0.4 is 4.74 Å². The number of carboxylic acids is 4. The van der Waals surface area contributed by atoms with Crippen molar-refractivity contribution in [1.82, 2.24) is 19.6 Å². The van der Waals surface area contributed by atoms with Crippen molar-refractivity contribution < 1.29 is 53.8 Å². The Hall–Kier alpha value is -3.34. The Balaban J connectivity index is 2.28. The molecule has 1 aromatic carbocycles. The van der Waals surface area contributed by atoms with E-state index in [2.05, 4.69) is 0 Å². The molecule has 1 fully saturated rings. The summed E-state index contributed by atoms with van der Waals surface area (Å²) in [5.41, 5.74) is 0.763. The normalized spacial score (nSPS) is 18.0. The summed E-state index contributed by atoms with van der Waals surface area (Å²) < 4.78 is 16.0. The van der Waals surface area contributed by atoms with Crippen molar-refractivity contribution in [3.63, 3.8) is 0 Å². The molecule has 0 aromatic heterocycles. The Morgan fingerprint density at radius 3 is 1.61 bits per heavy atom. The molecular weight excluding hydrogens is 580 g/mol. The maximum atomic E-state index is 12.5. The van der Waals surface area contributed by atoms with E-state index in [4.69, 9.17) is 14.2 Å². The van der Waals surface area contributed by atoms with Crippen molar-refractivity contribution in [2.45, 2.75) is 25.4 Å². The molecule has 15 nitrogen and oxygen atoms in total. The summed E-state index contributed by atoms with van der Waals surface area (Å²) >= 11 is 0. The van der Waals surface area contributed by atoms with Crippen LogP contribution in [0, 0.1) is 0 Å². The largest absolute Gasteiger partial charge is 0.491 e. The second-order valence-corrected chi connectivity index (χ2v) is 10.5. The van der Waals surface area contributed by atoms with E-state index in [1.165, 1.54) is 7.11 Å². The number of hydrogen-bond donors (Lipinski definition) is 4. The molecule has 1 heterocycles. The third-order valence-electron chi connectivity index (χ3n) is 7.36. The predicted octanol–water partition coefficient (Wildman–Crippen LogP) is -0.412. The summed E-state index contributed by atoms with van der Waals surface area (Å²) in [4.78, 5) is 54.5. The van der Waals surface area contributed by atoms with Gasteiger partial charge in [0, 0.05) is 66.1 Å². The average Bonchev–Trinajstić information content (AvgIpc) is 2.96. The summed E-state index contributed by atoms with van der Waals surface area (Å²) in [5, 5.41) is 39.1. The molecule has 1 aromatic rings. The van der Waals surface area contributed by atoms with Crippen molar-refractivity contribution >= 4 is 23.9 Å². The van der Waals surface area contributed by atoms with E-state index in [0.717, 1.165) is 5.56 Å². The quantitative estimate of drug-likeness (QED) is 0.163. The standard InChI is InChI=1S/C29H46N4O11/c1-3-43-16-17-44-23-6-4-22(5-7-23)18-24(28(38)39)32-12-8-30(19-26(34)35)10-14-33(25(21-42-2)29(40)41)15-11-31(9-13-32)20-27(36)37/h4-7,24-25H,3,8-21H2,1-2H3,(H,34,35)(H,36,37)(H,38,39)(H,40,41). The van der Waals surface area contributed by atoms with Crippen LogP contribution >= 0.6 is 0 Å². The zero-order valence-electron chi connectivity index (χ0n) is 25.5. The molecule has 0 radical (unpaired) electrons. The van der Waals surface area contributed by atoms with Crippen LogP contribution in [-0.4, -0.2) is 175 Å². The third-order valence-corrected chi connectivity index (χ3v) is 7.36. The van der Waals surface area contributed by atoms with Crippen LogP contribution in [0.15, 0.2) is 24.3 Å². The van der Waals surface area contributed by atoms with Crippen LogP contribution in [0.5, 0.6) is 5.75 Å². The molecule has 0 bridgehead atoms. The fraction of sp³-hybridized carbons (Fsp3) is 0.655. The Bertz CT molecular complexity index is 1010. The third kappa shape index (κ3) is 13.5. The monoisotopic (exact) mass is 626 g/mol. The zero-order valence-corrected chi connectivity index (χ0v) is 25.5. The fourth-order valence-corrected chi connectivity index (χ4v) is 5.02. The lowest BCUT2D eigenvalue weighted by molar-refractivity contribution is -0.146. The van der Waals surface area contributed by atoms with Crippen molar-refractivity contribution in [1.29, 1.82) is 0 Å². The van der Waals surface area contributed by atoms with Gasteiger partial charge in [-0.25, -0.2) is 0 Å². The first-order valence-corrected chi connectivity index (χ1v) is 14.6. The minimum atomic E-state index is -1.10. The summed E-state index contributed by atoms with van der Waals surface area (Å²) in [6.07, 6.45) is 0.164. The minimum Gasteiger partial charge on any atom is -0.491 e. The molecule has 0 saturated carbocycles. The van der Waals surface area contributed by atoms with Gasteiger partial charge in [-0.3, -0.25) is 38.8 Å². The van der Waals surface area contributed by atoms with Crippen molar-refractivity contribution in [2.75, 3.05) is 99.0 Å². The molecule has 2 atom stereocenters. The molecule has 15 heteroatoms. The van der Waals surface area contributed by atoms with Crippen molar-refractivity contribution in [2.24, 2.45) is 0 Å². The first kappa shape index (κ1) is 36.8. The molecule has 1 saturated heterocycles. The molecule has 0 spiro atoms. The highest BCUT2D eigenvalue weighted by atomic mass is 16.5. The molecule has 0 aliphatic carbocycles. The Labute approximate surface area is 257 Å². The fourth-order valence-electron chi connectivity index (χ4n) is 5.02. The van der Waals surface area contributed by atoms with Crippen molar-refractivity contribution in [3.8, 4) is 5.75 Å². The number of rotatable bonds is 17. The average molecular weight is 627 g/mol. The van der Waals surface area contributed by atoms with Gasteiger partial charge in [0.1, 0.15) is 24.4 Å². The van der Waals surface area contributed by atoms with Gasteiger partial charge in [0.05, 0.1) is 26.3 Å². The van der Waals surface area contributed by atoms with E-state index in [-0.39, 0.29) is 78.5 Å². The van der Waals surface area contributed by atoms with E-state index < -0.39 is 36.0 Å². The minimum absolute atomic E-state index is 0.0956. The second kappa shape index (κ2) is 19.8.